The Hall–Kier alpha value is -3.57. The minimum absolute atomic E-state index is 0.102. The van der Waals surface area contributed by atoms with Crippen molar-refractivity contribution in [2.45, 2.75) is 71.0 Å². The second kappa shape index (κ2) is 16.8. The van der Waals surface area contributed by atoms with E-state index in [9.17, 15) is 24.6 Å². The van der Waals surface area contributed by atoms with Gasteiger partial charge in [0.25, 0.3) is 5.91 Å². The van der Waals surface area contributed by atoms with E-state index in [0.29, 0.717) is 51.2 Å². The van der Waals surface area contributed by atoms with Crippen LogP contribution in [-0.4, -0.2) is 83.7 Å². The number of fused-ring (bicyclic) bond motifs is 1. The van der Waals surface area contributed by atoms with Gasteiger partial charge in [0.2, 0.25) is 5.91 Å². The molecule has 1 saturated heterocycles. The van der Waals surface area contributed by atoms with E-state index in [1.165, 1.54) is 6.92 Å². The molecule has 0 aliphatic carbocycles. The number of hydrogen-bond acceptors (Lipinski definition) is 9. The number of hydrogen-bond donors (Lipinski definition) is 3. The number of phenolic OH excluding ortho intramolecular Hbond substituents is 2. The van der Waals surface area contributed by atoms with Gasteiger partial charge in [0.15, 0.2) is 6.61 Å². The SMILES string of the molecule is CC(=O)NCCCOC1C=CC[C@@H](C)OC(=O)c2c(O)cc(O)c(Cl)c2CC(=NOCC(=O)N2CCCCC2)C=CC1. The predicted molar refractivity (Wildman–Crippen MR) is 158 cm³/mol. The number of nitrogens with one attached hydrogen (secondary N) is 1. The highest BCUT2D eigenvalue weighted by atomic mass is 35.5. The molecule has 2 atom stereocenters. The lowest BCUT2D eigenvalue weighted by Crippen LogP contribution is -2.37. The van der Waals surface area contributed by atoms with Crippen LogP contribution in [0.15, 0.2) is 35.5 Å². The smallest absolute Gasteiger partial charge is 0.342 e. The number of halogens is 1. The number of ether oxygens (including phenoxy) is 2. The molecule has 0 spiro atoms. The van der Waals surface area contributed by atoms with E-state index >= 15 is 0 Å². The first-order valence-electron chi connectivity index (χ1n) is 14.3. The van der Waals surface area contributed by atoms with Gasteiger partial charge in [-0.3, -0.25) is 9.59 Å². The van der Waals surface area contributed by atoms with Gasteiger partial charge in [0, 0.05) is 52.1 Å². The molecule has 1 aromatic rings. The second-order valence-corrected chi connectivity index (χ2v) is 10.7. The number of likely N-dealkylation sites (tertiary alicyclic amines) is 1. The third-order valence-electron chi connectivity index (χ3n) is 6.79. The molecule has 12 heteroatoms. The Kier molecular flexibility index (Phi) is 13.1. The average molecular weight is 606 g/mol. The van der Waals surface area contributed by atoms with E-state index in [4.69, 9.17) is 25.9 Å². The summed E-state index contributed by atoms with van der Waals surface area (Å²) in [6, 6.07) is 0.991. The van der Waals surface area contributed by atoms with Crippen molar-refractivity contribution in [1.29, 1.82) is 0 Å². The first-order chi connectivity index (χ1) is 20.2. The largest absolute Gasteiger partial charge is 0.507 e. The third kappa shape index (κ3) is 10.4. The summed E-state index contributed by atoms with van der Waals surface area (Å²) in [5.74, 6) is -1.97. The van der Waals surface area contributed by atoms with Gasteiger partial charge in [-0.2, -0.15) is 0 Å². The molecule has 2 aliphatic rings. The Morgan fingerprint density at radius 3 is 2.67 bits per heavy atom. The van der Waals surface area contributed by atoms with E-state index in [0.717, 1.165) is 25.3 Å². The number of carbonyl (C=O) groups excluding carboxylic acids is 3. The van der Waals surface area contributed by atoms with E-state index in [1.54, 1.807) is 17.9 Å². The Bertz CT molecular complexity index is 1190. The van der Waals surface area contributed by atoms with Crippen LogP contribution in [0.4, 0.5) is 0 Å². The summed E-state index contributed by atoms with van der Waals surface area (Å²) in [6.07, 6.45) is 10.7. The molecular formula is C30H40ClN3O8. The zero-order valence-corrected chi connectivity index (χ0v) is 24.9. The molecule has 2 heterocycles. The third-order valence-corrected chi connectivity index (χ3v) is 7.22. The molecule has 0 radical (unpaired) electrons. The van der Waals surface area contributed by atoms with Gasteiger partial charge >= 0.3 is 5.97 Å². The second-order valence-electron chi connectivity index (χ2n) is 10.3. The molecule has 0 saturated carbocycles. The summed E-state index contributed by atoms with van der Waals surface area (Å²) in [5, 5.41) is 27.6. The highest BCUT2D eigenvalue weighted by Crippen LogP contribution is 2.37. The number of benzene rings is 1. The first kappa shape index (κ1) is 32.9. The van der Waals surface area contributed by atoms with Gasteiger partial charge in [-0.25, -0.2) is 4.79 Å². The van der Waals surface area contributed by atoms with Crippen LogP contribution in [-0.2, 0) is 30.3 Å². The quantitative estimate of drug-likeness (QED) is 0.174. The van der Waals surface area contributed by atoms with E-state index < -0.39 is 23.6 Å². The lowest BCUT2D eigenvalue weighted by Gasteiger charge is -2.26. The molecule has 230 valence electrons. The van der Waals surface area contributed by atoms with Gasteiger partial charge in [0.05, 0.1) is 16.8 Å². The van der Waals surface area contributed by atoms with Gasteiger partial charge in [-0.15, -0.1) is 0 Å². The van der Waals surface area contributed by atoms with Crippen molar-refractivity contribution in [3.8, 4) is 11.5 Å². The molecule has 3 N–H and O–H groups in total. The summed E-state index contributed by atoms with van der Waals surface area (Å²) in [6.45, 7) is 5.19. The predicted octanol–water partition coefficient (Wildman–Crippen LogP) is 4.04. The van der Waals surface area contributed by atoms with Crippen LogP contribution < -0.4 is 5.32 Å². The molecule has 0 bridgehead atoms. The van der Waals surface area contributed by atoms with Crippen LogP contribution >= 0.6 is 11.6 Å². The fourth-order valence-corrected chi connectivity index (χ4v) is 4.82. The standard InChI is InChI=1S/C30H40ClN3O8/c1-20-9-6-11-23(40-16-8-13-32-21(2)35)12-7-10-22(33-41-19-27(38)34-14-4-3-5-15-34)17-24-28(30(39)42-20)25(36)18-26(37)29(24)31/h6-7,10-11,18,20,23,36-37H,3-5,8-9,12-17,19H2,1-2H3,(H,32,35)/t20-,23?/m1/s1. The molecule has 3 rings (SSSR count). The number of oxime groups is 1. The summed E-state index contributed by atoms with van der Waals surface area (Å²) < 4.78 is 11.6. The van der Waals surface area contributed by atoms with Gasteiger partial charge in [-0.1, -0.05) is 35.0 Å². The minimum Gasteiger partial charge on any atom is -0.507 e. The maximum Gasteiger partial charge on any atom is 0.342 e. The zero-order valence-electron chi connectivity index (χ0n) is 24.1. The van der Waals surface area contributed by atoms with Crippen LogP contribution in [0, 0.1) is 0 Å². The highest BCUT2D eigenvalue weighted by Gasteiger charge is 2.26. The lowest BCUT2D eigenvalue weighted by molar-refractivity contribution is -0.137. The van der Waals surface area contributed by atoms with Crippen molar-refractivity contribution in [2.24, 2.45) is 5.16 Å². The molecule has 2 amide bonds. The molecule has 2 aliphatic heterocycles. The van der Waals surface area contributed by atoms with Crippen LogP contribution in [0.3, 0.4) is 0 Å². The highest BCUT2D eigenvalue weighted by molar-refractivity contribution is 6.33. The number of phenols is 2. The molecule has 42 heavy (non-hydrogen) atoms. The molecule has 1 unspecified atom stereocenters. The van der Waals surface area contributed by atoms with Gasteiger partial charge in [-0.05, 0) is 50.7 Å². The van der Waals surface area contributed by atoms with Crippen LogP contribution in [0.1, 0.15) is 68.3 Å². The summed E-state index contributed by atoms with van der Waals surface area (Å²) in [7, 11) is 0. The minimum atomic E-state index is -0.808. The van der Waals surface area contributed by atoms with Crippen LogP contribution in [0.25, 0.3) is 0 Å². The number of aromatic hydroxyl groups is 2. The number of nitrogens with zero attached hydrogens (tertiary/aromatic N) is 2. The van der Waals surface area contributed by atoms with Crippen LogP contribution in [0.5, 0.6) is 11.5 Å². The zero-order chi connectivity index (χ0) is 30.5. The topological polar surface area (TPSA) is 147 Å². The lowest BCUT2D eigenvalue weighted by atomic mass is 9.99. The van der Waals surface area contributed by atoms with Crippen molar-refractivity contribution in [3.63, 3.8) is 0 Å². The number of rotatable bonds is 8. The molecule has 0 aromatic heterocycles. The van der Waals surface area contributed by atoms with Crippen molar-refractivity contribution in [2.75, 3.05) is 32.8 Å². The summed E-state index contributed by atoms with van der Waals surface area (Å²) >= 11 is 6.41. The van der Waals surface area contributed by atoms with Crippen molar-refractivity contribution >= 4 is 35.1 Å². The number of cyclic esters (lactones) is 1. The summed E-state index contributed by atoms with van der Waals surface area (Å²) in [5.41, 5.74) is 0.219. The summed E-state index contributed by atoms with van der Waals surface area (Å²) in [4.78, 5) is 44.0. The van der Waals surface area contributed by atoms with Gasteiger partial charge in [0.1, 0.15) is 23.2 Å². The van der Waals surface area contributed by atoms with E-state index in [-0.39, 0.29) is 47.1 Å². The molecule has 1 fully saturated rings. The van der Waals surface area contributed by atoms with E-state index in [2.05, 4.69) is 10.5 Å². The number of piperidine rings is 1. The maximum atomic E-state index is 13.1. The Morgan fingerprint density at radius 1 is 1.17 bits per heavy atom. The monoisotopic (exact) mass is 605 g/mol. The molecule has 11 nitrogen and oxygen atoms in total. The van der Waals surface area contributed by atoms with Crippen molar-refractivity contribution in [3.05, 3.63) is 46.5 Å². The Labute approximate surface area is 251 Å². The fraction of sp³-hybridized carbons (Fsp3) is 0.533. The normalized spacial score (nSPS) is 20.9. The Balaban J connectivity index is 1.86. The van der Waals surface area contributed by atoms with Crippen molar-refractivity contribution in [1.82, 2.24) is 10.2 Å². The Morgan fingerprint density at radius 2 is 1.93 bits per heavy atom. The first-order valence-corrected chi connectivity index (χ1v) is 14.6. The number of esters is 1. The average Bonchev–Trinajstić information content (AvgIpc) is 2.94. The van der Waals surface area contributed by atoms with Crippen LogP contribution in [0.2, 0.25) is 5.02 Å². The van der Waals surface area contributed by atoms with Gasteiger partial charge < -0.3 is 34.7 Å². The number of allylic oxidation sites excluding steroid dienone is 1. The van der Waals surface area contributed by atoms with Crippen molar-refractivity contribution < 1.29 is 38.9 Å². The fourth-order valence-electron chi connectivity index (χ4n) is 4.61. The number of amides is 2. The molecule has 1 aromatic carbocycles. The maximum absolute atomic E-state index is 13.1. The molecular weight excluding hydrogens is 566 g/mol. The van der Waals surface area contributed by atoms with E-state index in [1.807, 2.05) is 18.2 Å². The number of carbonyl (C=O) groups is 3.